The van der Waals surface area contributed by atoms with Gasteiger partial charge in [-0.1, -0.05) is 29.8 Å². The number of hydrogen-bond acceptors (Lipinski definition) is 8. The van der Waals surface area contributed by atoms with Crippen LogP contribution in [-0.2, 0) is 24.2 Å². The number of hydrogen-bond donors (Lipinski definition) is 1. The Kier molecular flexibility index (Phi) is 5.25. The first-order valence-corrected chi connectivity index (χ1v) is 12.0. The number of fused-ring (bicyclic) bond motifs is 2. The summed E-state index contributed by atoms with van der Waals surface area (Å²) in [5.74, 6) is -0.899. The lowest BCUT2D eigenvalue weighted by atomic mass is 10.0. The smallest absolute Gasteiger partial charge is 0.268 e. The van der Waals surface area contributed by atoms with Gasteiger partial charge in [-0.25, -0.2) is 22.4 Å². The monoisotopic (exact) mass is 499 g/mol. The minimum atomic E-state index is -4.04. The van der Waals surface area contributed by atoms with Crippen molar-refractivity contribution < 1.29 is 27.7 Å². The van der Waals surface area contributed by atoms with E-state index in [9.17, 15) is 13.5 Å². The summed E-state index contributed by atoms with van der Waals surface area (Å²) in [6.07, 6.45) is -1.20. The van der Waals surface area contributed by atoms with Gasteiger partial charge >= 0.3 is 0 Å². The summed E-state index contributed by atoms with van der Waals surface area (Å²) in [6, 6.07) is 7.92. The molecule has 170 valence electrons. The normalized spacial score (nSPS) is 27.2. The van der Waals surface area contributed by atoms with Crippen LogP contribution in [0.3, 0.4) is 0 Å². The molecule has 0 radical (unpaired) electrons. The largest absolute Gasteiger partial charge is 0.394 e. The average Bonchev–Trinajstić information content (AvgIpc) is 3.37. The van der Waals surface area contributed by atoms with Gasteiger partial charge in [0, 0.05) is 11.8 Å². The predicted molar refractivity (Wildman–Crippen MR) is 115 cm³/mol. The van der Waals surface area contributed by atoms with Crippen molar-refractivity contribution in [3.63, 3.8) is 0 Å². The van der Waals surface area contributed by atoms with Crippen molar-refractivity contribution in [3.8, 4) is 0 Å². The van der Waals surface area contributed by atoms with Gasteiger partial charge in [-0.05, 0) is 37.6 Å². The van der Waals surface area contributed by atoms with Gasteiger partial charge < -0.3 is 19.3 Å². The maximum atomic E-state index is 13.4. The molecule has 4 atom stereocenters. The summed E-state index contributed by atoms with van der Waals surface area (Å²) in [5.41, 5.74) is 0.670. The van der Waals surface area contributed by atoms with Crippen molar-refractivity contribution >= 4 is 44.3 Å². The lowest BCUT2D eigenvalue weighted by Crippen LogP contribution is -2.31. The standard InChI is InChI=1S/C20H19Cl2N3O6S/c1-20(2)30-16-12(9-26)29-15(17(16)31-20)11-8-25(14-13(11)23-19(22)24-18(14)21)32(27,28)10-6-4-3-5-7-10/h3-8,12,15-17,26H,9H2,1-2H3/t12-,15+,16-,17+/m1/s1. The zero-order chi connectivity index (χ0) is 22.8. The highest BCUT2D eigenvalue weighted by atomic mass is 35.5. The highest BCUT2D eigenvalue weighted by molar-refractivity contribution is 7.90. The zero-order valence-electron chi connectivity index (χ0n) is 17.0. The Hall–Kier alpha value is -1.79. The van der Waals surface area contributed by atoms with Gasteiger partial charge in [0.25, 0.3) is 10.0 Å². The molecule has 32 heavy (non-hydrogen) atoms. The summed E-state index contributed by atoms with van der Waals surface area (Å²) >= 11 is 12.4. The Balaban J connectivity index is 1.72. The fourth-order valence-corrected chi connectivity index (χ4v) is 6.15. The van der Waals surface area contributed by atoms with Gasteiger partial charge in [-0.15, -0.1) is 0 Å². The van der Waals surface area contributed by atoms with Gasteiger partial charge in [0.1, 0.15) is 35.4 Å². The number of aliphatic hydroxyl groups excluding tert-OH is 1. The maximum absolute atomic E-state index is 13.4. The second-order valence-corrected chi connectivity index (χ2v) is 10.5. The molecular weight excluding hydrogens is 481 g/mol. The molecule has 2 aromatic heterocycles. The molecule has 9 nitrogen and oxygen atoms in total. The Morgan fingerprint density at radius 3 is 2.50 bits per heavy atom. The second kappa shape index (κ2) is 7.63. The zero-order valence-corrected chi connectivity index (χ0v) is 19.3. The van der Waals surface area contributed by atoms with Gasteiger partial charge in [0.05, 0.1) is 11.5 Å². The van der Waals surface area contributed by atoms with E-state index in [4.69, 9.17) is 37.4 Å². The topological polar surface area (TPSA) is 113 Å². The van der Waals surface area contributed by atoms with E-state index in [0.29, 0.717) is 5.56 Å². The van der Waals surface area contributed by atoms with E-state index in [1.807, 2.05) is 0 Å². The molecule has 1 aromatic carbocycles. The molecule has 0 spiro atoms. The van der Waals surface area contributed by atoms with Crippen LogP contribution in [0.5, 0.6) is 0 Å². The molecule has 4 heterocycles. The van der Waals surface area contributed by atoms with Crippen LogP contribution in [0.1, 0.15) is 25.5 Å². The number of halogens is 2. The van der Waals surface area contributed by atoms with Crippen molar-refractivity contribution in [1.82, 2.24) is 13.9 Å². The molecule has 0 bridgehead atoms. The fourth-order valence-electron chi connectivity index (χ4n) is 4.23. The minimum Gasteiger partial charge on any atom is -0.394 e. The van der Waals surface area contributed by atoms with E-state index >= 15 is 0 Å². The molecule has 0 aliphatic carbocycles. The Morgan fingerprint density at radius 1 is 1.12 bits per heavy atom. The first-order chi connectivity index (χ1) is 15.1. The summed E-state index contributed by atoms with van der Waals surface area (Å²) in [4.78, 5) is 8.25. The Labute approximate surface area is 193 Å². The average molecular weight is 500 g/mol. The highest BCUT2D eigenvalue weighted by Crippen LogP contribution is 2.47. The number of rotatable bonds is 4. The van der Waals surface area contributed by atoms with Crippen molar-refractivity contribution in [2.24, 2.45) is 0 Å². The molecule has 2 fully saturated rings. The van der Waals surface area contributed by atoms with E-state index in [0.717, 1.165) is 3.97 Å². The second-order valence-electron chi connectivity index (χ2n) is 8.02. The van der Waals surface area contributed by atoms with Crippen LogP contribution in [0.2, 0.25) is 10.4 Å². The molecule has 0 saturated carbocycles. The Morgan fingerprint density at radius 2 is 1.81 bits per heavy atom. The first kappa shape index (κ1) is 22.0. The van der Waals surface area contributed by atoms with Crippen LogP contribution in [0.25, 0.3) is 11.0 Å². The molecule has 0 amide bonds. The summed E-state index contributed by atoms with van der Waals surface area (Å²) in [6.45, 7) is 3.22. The lowest BCUT2D eigenvalue weighted by molar-refractivity contribution is -0.190. The summed E-state index contributed by atoms with van der Waals surface area (Å²) < 4.78 is 45.9. The first-order valence-electron chi connectivity index (χ1n) is 9.79. The van der Waals surface area contributed by atoms with Gasteiger partial charge in [-0.2, -0.15) is 0 Å². The van der Waals surface area contributed by atoms with Crippen LogP contribution in [0.4, 0.5) is 0 Å². The van der Waals surface area contributed by atoms with Crippen LogP contribution in [0, 0.1) is 0 Å². The van der Waals surface area contributed by atoms with Gasteiger partial charge in [0.15, 0.2) is 10.9 Å². The third-order valence-corrected chi connectivity index (χ3v) is 7.61. The van der Waals surface area contributed by atoms with Crippen molar-refractivity contribution in [2.45, 2.75) is 48.9 Å². The highest BCUT2D eigenvalue weighted by Gasteiger charge is 2.56. The van der Waals surface area contributed by atoms with Gasteiger partial charge in [-0.3, -0.25) is 0 Å². The third kappa shape index (κ3) is 3.41. The number of aliphatic hydroxyl groups is 1. The van der Waals surface area contributed by atoms with Crippen LogP contribution in [-0.4, -0.2) is 58.2 Å². The van der Waals surface area contributed by atoms with Crippen molar-refractivity contribution in [3.05, 3.63) is 52.5 Å². The van der Waals surface area contributed by atoms with E-state index in [1.54, 1.807) is 32.0 Å². The number of nitrogens with zero attached hydrogens (tertiary/aromatic N) is 3. The summed E-state index contributed by atoms with van der Waals surface area (Å²) in [5, 5.41) is 9.54. The van der Waals surface area contributed by atoms with Crippen molar-refractivity contribution in [1.29, 1.82) is 0 Å². The molecule has 0 unspecified atom stereocenters. The molecule has 12 heteroatoms. The van der Waals surface area contributed by atoms with Gasteiger partial charge in [0.2, 0.25) is 5.28 Å². The number of benzene rings is 1. The Bertz CT molecular complexity index is 1300. The minimum absolute atomic E-state index is 0.0644. The van der Waals surface area contributed by atoms with Crippen molar-refractivity contribution in [2.75, 3.05) is 6.61 Å². The molecule has 3 aromatic rings. The fraction of sp³-hybridized carbons (Fsp3) is 0.400. The maximum Gasteiger partial charge on any atom is 0.268 e. The van der Waals surface area contributed by atoms with E-state index in [2.05, 4.69) is 9.97 Å². The van der Waals surface area contributed by atoms with E-state index in [1.165, 1.54) is 18.3 Å². The molecule has 2 aliphatic rings. The number of ether oxygens (including phenoxy) is 3. The molecule has 2 aliphatic heterocycles. The van der Waals surface area contributed by atoms with E-state index in [-0.39, 0.29) is 33.0 Å². The molecular formula is C20H19Cl2N3O6S. The third-order valence-electron chi connectivity index (χ3n) is 5.50. The number of aromatic nitrogens is 3. The lowest BCUT2D eigenvalue weighted by Gasteiger charge is -2.23. The molecule has 1 N–H and O–H groups in total. The van der Waals surface area contributed by atoms with Crippen LogP contribution in [0.15, 0.2) is 41.4 Å². The quantitative estimate of drug-likeness (QED) is 0.430. The SMILES string of the molecule is CC1(C)O[C@@H]2[C@H](O1)[C@@H](CO)O[C@H]2c1cn(S(=O)(=O)c2ccccc2)c2c(Cl)nc(Cl)nc12. The molecule has 2 saturated heterocycles. The molecule has 5 rings (SSSR count). The van der Waals surface area contributed by atoms with Crippen LogP contribution < -0.4 is 0 Å². The van der Waals surface area contributed by atoms with Crippen LogP contribution >= 0.6 is 23.2 Å². The summed E-state index contributed by atoms with van der Waals surface area (Å²) in [7, 11) is -4.04. The predicted octanol–water partition coefficient (Wildman–Crippen LogP) is 2.93. The van der Waals surface area contributed by atoms with E-state index < -0.39 is 40.2 Å².